The van der Waals surface area contributed by atoms with Gasteiger partial charge >= 0.3 is 0 Å². The summed E-state index contributed by atoms with van der Waals surface area (Å²) in [6, 6.07) is 0. The van der Waals surface area contributed by atoms with Gasteiger partial charge in [-0.05, 0) is 33.2 Å². The second-order valence-electron chi connectivity index (χ2n) is 4.06. The fourth-order valence-electron chi connectivity index (χ4n) is 1.72. The molecule has 3 nitrogen and oxygen atoms in total. The zero-order chi connectivity index (χ0) is 10.7. The van der Waals surface area contributed by atoms with Crippen LogP contribution in [-0.4, -0.2) is 23.3 Å². The van der Waals surface area contributed by atoms with E-state index in [2.05, 4.69) is 10.3 Å². The van der Waals surface area contributed by atoms with Crippen LogP contribution in [0.2, 0.25) is 0 Å². The molecular formula is C11H18N2OS. The highest BCUT2D eigenvalue weighted by Gasteiger charge is 2.16. The minimum absolute atomic E-state index is 0.616. The Morgan fingerprint density at radius 2 is 2.27 bits per heavy atom. The van der Waals surface area contributed by atoms with Crippen LogP contribution in [0.5, 0.6) is 0 Å². The summed E-state index contributed by atoms with van der Waals surface area (Å²) in [6.45, 7) is 6.19. The molecule has 0 aliphatic carbocycles. The molecule has 1 aromatic rings. The lowest BCUT2D eigenvalue weighted by atomic mass is 10.2. The lowest BCUT2D eigenvalue weighted by Gasteiger charge is -2.10. The first-order valence-corrected chi connectivity index (χ1v) is 6.45. The molecule has 0 bridgehead atoms. The number of nitrogens with one attached hydrogen (secondary N) is 1. The number of aromatic nitrogens is 1. The molecule has 1 N–H and O–H groups in total. The number of rotatable bonds is 2. The van der Waals surface area contributed by atoms with E-state index in [0.29, 0.717) is 5.25 Å². The van der Waals surface area contributed by atoms with Crippen LogP contribution in [0.4, 0.5) is 0 Å². The molecule has 0 amide bonds. The monoisotopic (exact) mass is 226 g/mol. The molecule has 1 saturated heterocycles. The minimum atomic E-state index is 0.616. The van der Waals surface area contributed by atoms with Crippen molar-refractivity contribution in [2.45, 2.75) is 43.6 Å². The van der Waals surface area contributed by atoms with Crippen LogP contribution < -0.4 is 5.32 Å². The van der Waals surface area contributed by atoms with E-state index in [9.17, 15) is 0 Å². The summed E-state index contributed by atoms with van der Waals surface area (Å²) in [6.07, 6.45) is 3.86. The van der Waals surface area contributed by atoms with E-state index in [-0.39, 0.29) is 0 Å². The van der Waals surface area contributed by atoms with Gasteiger partial charge in [0.15, 0.2) is 0 Å². The largest absolute Gasteiger partial charge is 0.437 e. The maximum atomic E-state index is 5.58. The van der Waals surface area contributed by atoms with Crippen LogP contribution in [0.25, 0.3) is 0 Å². The minimum Gasteiger partial charge on any atom is -0.437 e. The lowest BCUT2D eigenvalue weighted by Crippen LogP contribution is -2.22. The molecule has 0 aromatic carbocycles. The molecular weight excluding hydrogens is 208 g/mol. The van der Waals surface area contributed by atoms with Crippen LogP contribution in [0, 0.1) is 13.8 Å². The van der Waals surface area contributed by atoms with Crippen molar-refractivity contribution in [2.75, 3.05) is 13.1 Å². The Kier molecular flexibility index (Phi) is 3.70. The van der Waals surface area contributed by atoms with Crippen LogP contribution in [0.15, 0.2) is 9.64 Å². The molecule has 15 heavy (non-hydrogen) atoms. The Labute approximate surface area is 95.0 Å². The quantitative estimate of drug-likeness (QED) is 0.841. The van der Waals surface area contributed by atoms with Crippen molar-refractivity contribution in [3.05, 3.63) is 11.5 Å². The average Bonchev–Trinajstić information content (AvgIpc) is 2.45. The summed E-state index contributed by atoms with van der Waals surface area (Å²) >= 11 is 1.77. The number of nitrogens with zero attached hydrogens (tertiary/aromatic N) is 1. The number of oxazole rings is 1. The van der Waals surface area contributed by atoms with Gasteiger partial charge in [0.1, 0.15) is 5.76 Å². The number of aryl methyl sites for hydroxylation is 2. The molecule has 1 atom stereocenters. The predicted octanol–water partition coefficient (Wildman–Crippen LogP) is 2.53. The molecule has 1 fully saturated rings. The zero-order valence-electron chi connectivity index (χ0n) is 9.38. The normalized spacial score (nSPS) is 22.7. The van der Waals surface area contributed by atoms with Crippen molar-refractivity contribution in [1.29, 1.82) is 0 Å². The zero-order valence-corrected chi connectivity index (χ0v) is 10.2. The standard InChI is InChI=1S/C11H18N2OS/c1-8-9(2)14-11(13-8)15-10-5-3-4-6-12-7-10/h10,12H,3-7H2,1-2H3. The first-order chi connectivity index (χ1) is 7.25. The predicted molar refractivity (Wildman–Crippen MR) is 62.3 cm³/mol. The Bertz CT molecular complexity index is 297. The molecule has 0 spiro atoms. The molecule has 4 heteroatoms. The van der Waals surface area contributed by atoms with Crippen molar-refractivity contribution in [3.8, 4) is 0 Å². The van der Waals surface area contributed by atoms with Gasteiger partial charge in [0, 0.05) is 11.8 Å². The number of hydrogen-bond acceptors (Lipinski definition) is 4. The maximum Gasteiger partial charge on any atom is 0.256 e. The van der Waals surface area contributed by atoms with E-state index in [4.69, 9.17) is 4.42 Å². The average molecular weight is 226 g/mol. The van der Waals surface area contributed by atoms with Gasteiger partial charge in [-0.1, -0.05) is 18.2 Å². The van der Waals surface area contributed by atoms with Crippen LogP contribution in [0.1, 0.15) is 30.7 Å². The summed E-state index contributed by atoms with van der Waals surface area (Å²) in [5, 5.41) is 4.90. The van der Waals surface area contributed by atoms with Crippen molar-refractivity contribution in [3.63, 3.8) is 0 Å². The fourth-order valence-corrected chi connectivity index (χ4v) is 2.86. The molecule has 0 radical (unpaired) electrons. The first-order valence-electron chi connectivity index (χ1n) is 5.57. The van der Waals surface area contributed by atoms with Gasteiger partial charge in [-0.2, -0.15) is 0 Å². The van der Waals surface area contributed by atoms with Crippen molar-refractivity contribution in [2.24, 2.45) is 0 Å². The van der Waals surface area contributed by atoms with Crippen molar-refractivity contribution < 1.29 is 4.42 Å². The topological polar surface area (TPSA) is 38.1 Å². The van der Waals surface area contributed by atoms with Crippen LogP contribution in [0.3, 0.4) is 0 Å². The third-order valence-corrected chi connectivity index (χ3v) is 3.89. The van der Waals surface area contributed by atoms with E-state index < -0.39 is 0 Å². The molecule has 1 unspecified atom stereocenters. The van der Waals surface area contributed by atoms with Crippen molar-refractivity contribution in [1.82, 2.24) is 10.3 Å². The van der Waals surface area contributed by atoms with E-state index in [1.54, 1.807) is 11.8 Å². The molecule has 1 aliphatic rings. The van der Waals surface area contributed by atoms with Crippen LogP contribution >= 0.6 is 11.8 Å². The highest BCUT2D eigenvalue weighted by molar-refractivity contribution is 7.99. The van der Waals surface area contributed by atoms with Crippen LogP contribution in [-0.2, 0) is 0 Å². The molecule has 0 saturated carbocycles. The van der Waals surface area contributed by atoms with Gasteiger partial charge in [-0.15, -0.1) is 0 Å². The molecule has 84 valence electrons. The summed E-state index contributed by atoms with van der Waals surface area (Å²) in [5.74, 6) is 0.944. The summed E-state index contributed by atoms with van der Waals surface area (Å²) < 4.78 is 5.58. The summed E-state index contributed by atoms with van der Waals surface area (Å²) in [7, 11) is 0. The Balaban J connectivity index is 1.95. The van der Waals surface area contributed by atoms with Gasteiger partial charge in [-0.25, -0.2) is 4.98 Å². The lowest BCUT2D eigenvalue weighted by molar-refractivity contribution is 0.429. The molecule has 2 rings (SSSR count). The Morgan fingerprint density at radius 1 is 1.40 bits per heavy atom. The second-order valence-corrected chi connectivity index (χ2v) is 5.31. The fraction of sp³-hybridized carbons (Fsp3) is 0.727. The van der Waals surface area contributed by atoms with Crippen molar-refractivity contribution >= 4 is 11.8 Å². The maximum absolute atomic E-state index is 5.58. The number of hydrogen-bond donors (Lipinski definition) is 1. The highest BCUT2D eigenvalue weighted by atomic mass is 32.2. The van der Waals surface area contributed by atoms with Gasteiger partial charge in [0.2, 0.25) is 0 Å². The first kappa shape index (κ1) is 11.0. The summed E-state index contributed by atoms with van der Waals surface area (Å²) in [4.78, 5) is 4.40. The van der Waals surface area contributed by atoms with E-state index in [1.165, 1.54) is 19.3 Å². The van der Waals surface area contributed by atoms with E-state index in [1.807, 2.05) is 13.8 Å². The Morgan fingerprint density at radius 3 is 3.00 bits per heavy atom. The third kappa shape index (κ3) is 2.98. The van der Waals surface area contributed by atoms with E-state index in [0.717, 1.165) is 29.8 Å². The highest BCUT2D eigenvalue weighted by Crippen LogP contribution is 2.27. The van der Waals surface area contributed by atoms with Gasteiger partial charge in [0.05, 0.1) is 5.69 Å². The van der Waals surface area contributed by atoms with Gasteiger partial charge in [0.25, 0.3) is 5.22 Å². The Hall–Kier alpha value is -0.480. The summed E-state index contributed by atoms with van der Waals surface area (Å²) in [5.41, 5.74) is 1.01. The molecule has 1 aromatic heterocycles. The molecule has 2 heterocycles. The third-order valence-electron chi connectivity index (χ3n) is 2.78. The van der Waals surface area contributed by atoms with Gasteiger partial charge < -0.3 is 9.73 Å². The SMILES string of the molecule is Cc1nc(SC2CCCCNC2)oc1C. The van der Waals surface area contributed by atoms with E-state index >= 15 is 0 Å². The second kappa shape index (κ2) is 5.03. The smallest absolute Gasteiger partial charge is 0.256 e. The molecule has 1 aliphatic heterocycles. The number of thioether (sulfide) groups is 1. The van der Waals surface area contributed by atoms with Gasteiger partial charge in [-0.3, -0.25) is 0 Å².